The Morgan fingerprint density at radius 3 is 1.96 bits per heavy atom. The number of fused-ring (bicyclic) bond motifs is 8. The van der Waals surface area contributed by atoms with Crippen LogP contribution in [0.2, 0.25) is 0 Å². The van der Waals surface area contributed by atoms with Crippen LogP contribution in [0.5, 0.6) is 0 Å². The van der Waals surface area contributed by atoms with E-state index in [1.165, 1.54) is 94.8 Å². The Balaban J connectivity index is 0.936. The molecular formula is C67H55N. The molecular weight excluding hydrogens is 819 g/mol. The summed E-state index contributed by atoms with van der Waals surface area (Å²) in [5, 5.41) is 0. The third kappa shape index (κ3) is 6.28. The van der Waals surface area contributed by atoms with Gasteiger partial charge in [-0.2, -0.15) is 0 Å². The van der Waals surface area contributed by atoms with E-state index in [4.69, 9.17) is 0 Å². The lowest BCUT2D eigenvalue weighted by atomic mass is 9.50. The first-order valence-corrected chi connectivity index (χ1v) is 25.0. The zero-order valence-corrected chi connectivity index (χ0v) is 38.6. The zero-order chi connectivity index (χ0) is 45.1. The van der Waals surface area contributed by atoms with E-state index in [0.29, 0.717) is 5.92 Å². The van der Waals surface area contributed by atoms with E-state index in [2.05, 4.69) is 235 Å². The first-order chi connectivity index (χ1) is 33.7. The maximum absolute atomic E-state index is 2.56. The van der Waals surface area contributed by atoms with Crippen LogP contribution in [0.25, 0.3) is 22.3 Å². The molecule has 0 N–H and O–H groups in total. The molecule has 0 fully saturated rings. The van der Waals surface area contributed by atoms with Crippen LogP contribution in [-0.2, 0) is 23.8 Å². The molecule has 5 aliphatic rings. The molecule has 68 heavy (non-hydrogen) atoms. The van der Waals surface area contributed by atoms with Gasteiger partial charge in [-0.05, 0) is 141 Å². The summed E-state index contributed by atoms with van der Waals surface area (Å²) < 4.78 is 0. The molecule has 0 bridgehead atoms. The number of hydrogen-bond acceptors (Lipinski definition) is 1. The van der Waals surface area contributed by atoms with Gasteiger partial charge in [0.05, 0.1) is 10.8 Å². The Labute approximate surface area is 402 Å². The summed E-state index contributed by atoms with van der Waals surface area (Å²) in [6.45, 7) is 0.858. The highest BCUT2D eigenvalue weighted by Crippen LogP contribution is 2.67. The summed E-state index contributed by atoms with van der Waals surface area (Å²) >= 11 is 0. The van der Waals surface area contributed by atoms with Gasteiger partial charge in [0.1, 0.15) is 0 Å². The van der Waals surface area contributed by atoms with E-state index in [9.17, 15) is 0 Å². The van der Waals surface area contributed by atoms with Crippen molar-refractivity contribution in [2.45, 2.75) is 68.2 Å². The normalized spacial score (nSPS) is 19.9. The zero-order valence-electron chi connectivity index (χ0n) is 38.6. The van der Waals surface area contributed by atoms with Crippen molar-refractivity contribution in [3.05, 3.63) is 297 Å². The second-order valence-corrected chi connectivity index (χ2v) is 19.6. The third-order valence-corrected chi connectivity index (χ3v) is 16.2. The highest BCUT2D eigenvalue weighted by Gasteiger charge is 2.58. The topological polar surface area (TPSA) is 3.24 Å². The van der Waals surface area contributed by atoms with Crippen molar-refractivity contribution < 1.29 is 0 Å². The van der Waals surface area contributed by atoms with Crippen LogP contribution in [0.15, 0.2) is 247 Å². The third-order valence-electron chi connectivity index (χ3n) is 16.2. The van der Waals surface area contributed by atoms with Gasteiger partial charge in [0.2, 0.25) is 0 Å². The van der Waals surface area contributed by atoms with Gasteiger partial charge in [0, 0.05) is 23.5 Å². The van der Waals surface area contributed by atoms with E-state index in [1.807, 2.05) is 0 Å². The molecule has 328 valence electrons. The Bertz CT molecular complexity index is 3350. The summed E-state index contributed by atoms with van der Waals surface area (Å²) in [4.78, 5) is 2.50. The smallest absolute Gasteiger partial charge is 0.0716 e. The summed E-state index contributed by atoms with van der Waals surface area (Å²) in [6, 6.07) is 75.9. The molecule has 0 spiro atoms. The molecule has 3 unspecified atom stereocenters. The maximum Gasteiger partial charge on any atom is 0.0716 e. The standard InChI is InChI=1S/C67H55N/c1-5-20-47(21-6-1)36-39-49(50-40-43-56-51(45-50)46-68(55-26-11-4-12-27-55)64-35-18-14-29-58(56)64)44-48-37-41-54(42-38-48)66(52-22-7-2-8-23-52)61-32-16-17-33-62(61)67(53-24-9-3-10-25-53)60-31-15-13-28-57(60)59-30-19-34-63(66)65(59)67/h1-2,4-9,11-35,37,40-41,43,45,49H,3,10,36,38-39,42,44,46H2. The van der Waals surface area contributed by atoms with Gasteiger partial charge in [-0.15, -0.1) is 0 Å². The van der Waals surface area contributed by atoms with Crippen molar-refractivity contribution in [3.63, 3.8) is 0 Å². The molecule has 8 aromatic rings. The Kier molecular flexibility index (Phi) is 10.0. The lowest BCUT2D eigenvalue weighted by Crippen LogP contribution is -2.45. The molecule has 1 aliphatic heterocycles. The highest BCUT2D eigenvalue weighted by molar-refractivity contribution is 5.92. The van der Waals surface area contributed by atoms with Gasteiger partial charge in [0.25, 0.3) is 0 Å². The Hall–Kier alpha value is -7.48. The van der Waals surface area contributed by atoms with Crippen molar-refractivity contribution in [1.29, 1.82) is 0 Å². The molecule has 1 heterocycles. The molecule has 0 saturated heterocycles. The number of nitrogens with zero attached hydrogens (tertiary/aromatic N) is 1. The van der Waals surface area contributed by atoms with Crippen molar-refractivity contribution in [2.75, 3.05) is 4.90 Å². The maximum atomic E-state index is 2.56. The molecule has 0 saturated carbocycles. The van der Waals surface area contributed by atoms with Gasteiger partial charge >= 0.3 is 0 Å². The lowest BCUT2D eigenvalue weighted by molar-refractivity contribution is 0.574. The molecule has 4 aliphatic carbocycles. The Morgan fingerprint density at radius 1 is 0.515 bits per heavy atom. The van der Waals surface area contributed by atoms with Crippen LogP contribution in [-0.4, -0.2) is 0 Å². The number of hydrogen-bond donors (Lipinski definition) is 0. The second-order valence-electron chi connectivity index (χ2n) is 19.6. The predicted octanol–water partition coefficient (Wildman–Crippen LogP) is 16.7. The van der Waals surface area contributed by atoms with Crippen molar-refractivity contribution in [1.82, 2.24) is 0 Å². The van der Waals surface area contributed by atoms with E-state index in [0.717, 1.165) is 51.5 Å². The molecule has 8 aromatic carbocycles. The van der Waals surface area contributed by atoms with Crippen LogP contribution in [0.1, 0.15) is 94.5 Å². The van der Waals surface area contributed by atoms with E-state index in [-0.39, 0.29) is 5.41 Å². The van der Waals surface area contributed by atoms with Crippen LogP contribution < -0.4 is 4.90 Å². The number of rotatable bonds is 10. The van der Waals surface area contributed by atoms with E-state index in [1.54, 1.807) is 5.57 Å². The summed E-state index contributed by atoms with van der Waals surface area (Å²) in [5.41, 5.74) is 24.3. The largest absolute Gasteiger partial charge is 0.336 e. The molecule has 0 aromatic heterocycles. The molecule has 3 atom stereocenters. The van der Waals surface area contributed by atoms with Crippen molar-refractivity contribution in [2.24, 2.45) is 0 Å². The average Bonchev–Trinajstić information content (AvgIpc) is 3.73. The van der Waals surface area contributed by atoms with Crippen molar-refractivity contribution in [3.8, 4) is 22.3 Å². The number of anilines is 2. The minimum Gasteiger partial charge on any atom is -0.336 e. The predicted molar refractivity (Wildman–Crippen MR) is 283 cm³/mol. The van der Waals surface area contributed by atoms with Gasteiger partial charge in [0.15, 0.2) is 0 Å². The summed E-state index contributed by atoms with van der Waals surface area (Å²) in [7, 11) is 0. The fourth-order valence-electron chi connectivity index (χ4n) is 13.3. The first-order valence-electron chi connectivity index (χ1n) is 25.0. The molecule has 0 radical (unpaired) electrons. The van der Waals surface area contributed by atoms with E-state index >= 15 is 0 Å². The molecule has 1 heteroatoms. The van der Waals surface area contributed by atoms with Gasteiger partial charge < -0.3 is 4.90 Å². The fourth-order valence-corrected chi connectivity index (χ4v) is 13.3. The van der Waals surface area contributed by atoms with Crippen LogP contribution >= 0.6 is 0 Å². The molecule has 1 nitrogen and oxygen atoms in total. The van der Waals surface area contributed by atoms with Crippen LogP contribution in [0, 0.1) is 0 Å². The van der Waals surface area contributed by atoms with Crippen LogP contribution in [0.4, 0.5) is 11.4 Å². The summed E-state index contributed by atoms with van der Waals surface area (Å²) in [6.07, 6.45) is 19.9. The average molecular weight is 874 g/mol. The number of para-hydroxylation sites is 2. The fraction of sp³-hybridized carbons (Fsp3) is 0.164. The quantitative estimate of drug-likeness (QED) is 0.132. The first kappa shape index (κ1) is 40.8. The summed E-state index contributed by atoms with van der Waals surface area (Å²) in [5.74, 6) is 0.385. The van der Waals surface area contributed by atoms with Gasteiger partial charge in [-0.3, -0.25) is 0 Å². The van der Waals surface area contributed by atoms with Crippen LogP contribution in [0.3, 0.4) is 0 Å². The van der Waals surface area contributed by atoms with Crippen molar-refractivity contribution >= 4 is 11.4 Å². The number of allylic oxidation sites excluding steroid dienone is 8. The number of aryl methyl sites for hydroxylation is 1. The SMILES string of the molecule is C1=CC(C23c4ccccc4-c4cccc(c42)C(C2=CC=C(CC(CCc4ccccc4)c4ccc5c(c4)CN(c4ccccc4)c4ccccc4-5)CC2)(c2ccccc2)c2ccccc23)=CCC1. The highest BCUT2D eigenvalue weighted by atomic mass is 15.1. The number of benzene rings is 8. The monoisotopic (exact) mass is 873 g/mol. The van der Waals surface area contributed by atoms with E-state index < -0.39 is 5.41 Å². The molecule has 13 rings (SSSR count). The minimum atomic E-state index is -0.457. The van der Waals surface area contributed by atoms with Gasteiger partial charge in [-0.25, -0.2) is 0 Å². The molecule has 0 amide bonds. The lowest BCUT2D eigenvalue weighted by Gasteiger charge is -2.51. The Morgan fingerprint density at radius 2 is 1.19 bits per heavy atom. The van der Waals surface area contributed by atoms with Gasteiger partial charge in [-0.1, -0.05) is 224 Å². The minimum absolute atomic E-state index is 0.383. The second kappa shape index (κ2) is 16.7.